The molecule has 7 rings (SSSR count). The first-order chi connectivity index (χ1) is 22.7. The molecule has 9 nitrogen and oxygen atoms in total. The number of rotatable bonds is 7. The Bertz CT molecular complexity index is 1750. The van der Waals surface area contributed by atoms with E-state index in [1.54, 1.807) is 0 Å². The molecule has 0 bridgehead atoms. The molecule has 3 aromatic rings. The second-order valence-electron chi connectivity index (χ2n) is 14.0. The van der Waals surface area contributed by atoms with Crippen molar-refractivity contribution in [3.05, 3.63) is 28.0 Å². The summed E-state index contributed by atoms with van der Waals surface area (Å²) >= 11 is 6.87. The predicted octanol–water partition coefficient (Wildman–Crippen LogP) is 6.42. The van der Waals surface area contributed by atoms with Gasteiger partial charge in [0, 0.05) is 38.0 Å². The Morgan fingerprint density at radius 2 is 1.92 bits per heavy atom. The van der Waals surface area contributed by atoms with E-state index >= 15 is 4.39 Å². The number of nitrogen functional groups attached to an aromatic ring is 1. The molecule has 2 aromatic heterocycles. The predicted molar refractivity (Wildman–Crippen MR) is 173 cm³/mol. The van der Waals surface area contributed by atoms with Gasteiger partial charge in [-0.1, -0.05) is 11.6 Å². The molecule has 0 unspecified atom stereocenters. The van der Waals surface area contributed by atoms with Gasteiger partial charge in [0.2, 0.25) is 0 Å². The number of benzene rings is 1. The molecule has 1 saturated carbocycles. The highest BCUT2D eigenvalue weighted by molar-refractivity contribution is 6.36. The Balaban J connectivity index is 1.47. The maximum Gasteiger partial charge on any atom is 0.418 e. The van der Waals surface area contributed by atoms with Crippen LogP contribution in [0.4, 0.5) is 33.6 Å². The minimum atomic E-state index is -4.90. The molecule has 2 saturated heterocycles. The third-order valence-electron chi connectivity index (χ3n) is 10.6. The van der Waals surface area contributed by atoms with E-state index in [0.29, 0.717) is 38.3 Å². The van der Waals surface area contributed by atoms with Crippen LogP contribution in [0, 0.1) is 12.7 Å². The second kappa shape index (κ2) is 12.0. The fourth-order valence-electron chi connectivity index (χ4n) is 8.17. The van der Waals surface area contributed by atoms with Crippen LogP contribution < -0.4 is 20.1 Å². The number of halogens is 6. The molecule has 1 aromatic carbocycles. The highest BCUT2D eigenvalue weighted by Crippen LogP contribution is 2.53. The van der Waals surface area contributed by atoms with Gasteiger partial charge in [-0.05, 0) is 71.3 Å². The van der Waals surface area contributed by atoms with E-state index in [-0.39, 0.29) is 57.8 Å². The fourth-order valence-corrected chi connectivity index (χ4v) is 8.49. The molecule has 15 heteroatoms. The van der Waals surface area contributed by atoms with E-state index in [0.717, 1.165) is 44.7 Å². The standard InChI is InChI=1S/C33H39ClF5N7O2/c1-18-14-20(40)41-26(23(18)33(37,38)39)21-24(34)28-22-27(25(21)36)42-30(48-17-32-8-5-10-45(32)16-19(35)15-32)43-29(22)46(12-11-44(2)3)31(6-4-7-31)9-13-47-28/h14,19H,4-13,15-17H2,1-3H3,(H2,40,41)/t19-,32+/m1/s1. The molecule has 260 valence electrons. The zero-order chi connectivity index (χ0) is 34.2. The summed E-state index contributed by atoms with van der Waals surface area (Å²) in [6, 6.07) is 0.926. The van der Waals surface area contributed by atoms with Crippen LogP contribution >= 0.6 is 11.6 Å². The Morgan fingerprint density at radius 1 is 1.15 bits per heavy atom. The van der Waals surface area contributed by atoms with Crippen LogP contribution in [0.25, 0.3) is 22.2 Å². The van der Waals surface area contributed by atoms with Gasteiger partial charge in [-0.2, -0.15) is 23.1 Å². The lowest BCUT2D eigenvalue weighted by molar-refractivity contribution is -0.137. The first-order valence-electron chi connectivity index (χ1n) is 16.4. The maximum absolute atomic E-state index is 17.1. The molecule has 2 N–H and O–H groups in total. The van der Waals surface area contributed by atoms with E-state index in [9.17, 15) is 17.6 Å². The average molecular weight is 696 g/mol. The van der Waals surface area contributed by atoms with Crippen molar-refractivity contribution in [3.8, 4) is 23.0 Å². The number of fused-ring (bicyclic) bond motifs is 1. The van der Waals surface area contributed by atoms with Gasteiger partial charge in [-0.3, -0.25) is 4.90 Å². The van der Waals surface area contributed by atoms with Crippen molar-refractivity contribution >= 4 is 34.1 Å². The van der Waals surface area contributed by atoms with Gasteiger partial charge in [-0.15, -0.1) is 0 Å². The largest absolute Gasteiger partial charge is 0.491 e. The average Bonchev–Trinajstić information content (AvgIpc) is 3.49. The van der Waals surface area contributed by atoms with Crippen LogP contribution in [-0.4, -0.2) is 95.5 Å². The Hall–Kier alpha value is -3.23. The van der Waals surface area contributed by atoms with Gasteiger partial charge >= 0.3 is 12.2 Å². The van der Waals surface area contributed by atoms with Crippen molar-refractivity contribution in [3.63, 3.8) is 0 Å². The molecule has 2 atom stereocenters. The number of ether oxygens (including phenoxy) is 2. The first kappa shape index (κ1) is 33.3. The number of anilines is 2. The minimum Gasteiger partial charge on any atom is -0.491 e. The molecular formula is C33H39ClF5N7O2. The lowest BCUT2D eigenvalue weighted by atomic mass is 9.72. The van der Waals surface area contributed by atoms with E-state index in [1.807, 2.05) is 19.0 Å². The van der Waals surface area contributed by atoms with Crippen molar-refractivity contribution in [2.24, 2.45) is 0 Å². The van der Waals surface area contributed by atoms with Crippen LogP contribution in [0.5, 0.6) is 11.8 Å². The SMILES string of the molecule is Cc1cc(N)nc(-c2c(Cl)c3c4c(nc(OC[C@@]56CCCN5C[C@H](F)C6)nc4c2F)N(CCN(C)C)C2(CCC2)CCO3)c1C(F)(F)F. The summed E-state index contributed by atoms with van der Waals surface area (Å²) in [7, 11) is 3.90. The molecule has 5 heterocycles. The summed E-state index contributed by atoms with van der Waals surface area (Å²) in [6.45, 7) is 3.74. The van der Waals surface area contributed by atoms with Crippen LogP contribution in [0.3, 0.4) is 0 Å². The zero-order valence-corrected chi connectivity index (χ0v) is 27.9. The van der Waals surface area contributed by atoms with Gasteiger partial charge < -0.3 is 25.0 Å². The smallest absolute Gasteiger partial charge is 0.418 e. The number of nitrogens with two attached hydrogens (primary N) is 1. The topological polar surface area (TPSA) is 92.9 Å². The van der Waals surface area contributed by atoms with Crippen molar-refractivity contribution in [2.75, 3.05) is 64.1 Å². The Labute approximate surface area is 280 Å². The van der Waals surface area contributed by atoms with Gasteiger partial charge in [0.05, 0.1) is 39.4 Å². The maximum atomic E-state index is 17.1. The summed E-state index contributed by atoms with van der Waals surface area (Å²) in [5, 5.41) is -0.225. The van der Waals surface area contributed by atoms with Gasteiger partial charge in [0.25, 0.3) is 0 Å². The molecule has 0 radical (unpaired) electrons. The van der Waals surface area contributed by atoms with Gasteiger partial charge in [0.15, 0.2) is 11.6 Å². The zero-order valence-electron chi connectivity index (χ0n) is 27.2. The molecule has 1 aliphatic carbocycles. The molecule has 1 spiro atoms. The lowest BCUT2D eigenvalue weighted by Crippen LogP contribution is -2.57. The number of alkyl halides is 4. The number of hydrogen-bond donors (Lipinski definition) is 1. The summed E-state index contributed by atoms with van der Waals surface area (Å²) in [5.41, 5.74) is 1.97. The van der Waals surface area contributed by atoms with E-state index in [4.69, 9.17) is 31.8 Å². The third kappa shape index (κ3) is 5.47. The number of aromatic nitrogens is 3. The molecular weight excluding hydrogens is 657 g/mol. The Morgan fingerprint density at radius 3 is 2.60 bits per heavy atom. The lowest BCUT2D eigenvalue weighted by Gasteiger charge is -2.52. The van der Waals surface area contributed by atoms with E-state index in [2.05, 4.69) is 19.8 Å². The number of nitrogens with zero attached hydrogens (tertiary/aromatic N) is 6. The number of aryl methyl sites for hydroxylation is 1. The van der Waals surface area contributed by atoms with Crippen LogP contribution in [0.2, 0.25) is 5.02 Å². The molecule has 48 heavy (non-hydrogen) atoms. The molecule has 3 fully saturated rings. The quantitative estimate of drug-likeness (QED) is 0.281. The molecule has 0 amide bonds. The highest BCUT2D eigenvalue weighted by Gasteiger charge is 2.50. The van der Waals surface area contributed by atoms with E-state index < -0.39 is 40.5 Å². The van der Waals surface area contributed by atoms with Crippen LogP contribution in [-0.2, 0) is 6.18 Å². The Kier molecular flexibility index (Phi) is 8.30. The van der Waals surface area contributed by atoms with Gasteiger partial charge in [0.1, 0.15) is 29.9 Å². The van der Waals surface area contributed by atoms with Crippen molar-refractivity contribution in [2.45, 2.75) is 75.3 Å². The highest BCUT2D eigenvalue weighted by atomic mass is 35.5. The van der Waals surface area contributed by atoms with Crippen molar-refractivity contribution in [1.82, 2.24) is 24.8 Å². The van der Waals surface area contributed by atoms with E-state index in [1.165, 1.54) is 6.92 Å². The van der Waals surface area contributed by atoms with Crippen LogP contribution in [0.15, 0.2) is 6.07 Å². The van der Waals surface area contributed by atoms with Gasteiger partial charge in [-0.25, -0.2) is 13.8 Å². The number of likely N-dealkylation sites (N-methyl/N-ethyl adjacent to an activating group) is 1. The van der Waals surface area contributed by atoms with Crippen LogP contribution in [0.1, 0.15) is 56.1 Å². The summed E-state index contributed by atoms with van der Waals surface area (Å²) < 4.78 is 87.6. The summed E-state index contributed by atoms with van der Waals surface area (Å²) in [6.07, 6.45) is -0.671. The van der Waals surface area contributed by atoms with Crippen molar-refractivity contribution < 1.29 is 31.4 Å². The number of pyridine rings is 1. The summed E-state index contributed by atoms with van der Waals surface area (Å²) in [4.78, 5) is 19.6. The minimum absolute atomic E-state index is 0.0275. The number of hydrogen-bond acceptors (Lipinski definition) is 9. The van der Waals surface area contributed by atoms with Crippen molar-refractivity contribution in [1.29, 1.82) is 0 Å². The molecule has 4 aliphatic rings. The monoisotopic (exact) mass is 695 g/mol. The summed E-state index contributed by atoms with van der Waals surface area (Å²) in [5.74, 6) is -1.05. The second-order valence-corrected chi connectivity index (χ2v) is 14.3. The molecule has 3 aliphatic heterocycles. The fraction of sp³-hybridized carbons (Fsp3) is 0.606. The first-order valence-corrected chi connectivity index (χ1v) is 16.8. The third-order valence-corrected chi connectivity index (χ3v) is 11.0. The normalized spacial score (nSPS) is 23.7.